The number of rotatable bonds is 5. The summed E-state index contributed by atoms with van der Waals surface area (Å²) < 4.78 is 42.8. The zero-order chi connectivity index (χ0) is 14.2. The Morgan fingerprint density at radius 2 is 2.21 bits per heavy atom. The van der Waals surface area contributed by atoms with Gasteiger partial charge in [-0.3, -0.25) is 0 Å². The van der Waals surface area contributed by atoms with Crippen molar-refractivity contribution in [2.24, 2.45) is 5.92 Å². The molecule has 0 radical (unpaired) electrons. The van der Waals surface area contributed by atoms with E-state index in [4.69, 9.17) is 9.84 Å². The lowest BCUT2D eigenvalue weighted by molar-refractivity contribution is -0.154. The largest absolute Gasteiger partial charge is 0.479 e. The number of carboxylic acid groups (broad SMARTS) is 1. The topological polar surface area (TPSA) is 83.9 Å². The van der Waals surface area contributed by atoms with Crippen LogP contribution in [0.15, 0.2) is 16.3 Å². The number of ether oxygens (including phenoxy) is 1. The van der Waals surface area contributed by atoms with Crippen LogP contribution in [0.2, 0.25) is 0 Å². The monoisotopic (exact) mass is 309 g/mol. The maximum Gasteiger partial charge on any atom is 0.333 e. The quantitative estimate of drug-likeness (QED) is 0.861. The van der Waals surface area contributed by atoms with Crippen molar-refractivity contribution in [2.45, 2.75) is 10.3 Å². The van der Waals surface area contributed by atoms with E-state index in [0.717, 1.165) is 10.4 Å². The normalized spacial score (nSPS) is 19.1. The Balaban J connectivity index is 2.06. The van der Waals surface area contributed by atoms with Crippen LogP contribution in [0.5, 0.6) is 0 Å². The van der Waals surface area contributed by atoms with Gasteiger partial charge in [-0.15, -0.1) is 0 Å². The van der Waals surface area contributed by atoms with Crippen LogP contribution in [0.3, 0.4) is 0 Å². The van der Waals surface area contributed by atoms with Crippen molar-refractivity contribution in [3.05, 3.63) is 17.3 Å². The summed E-state index contributed by atoms with van der Waals surface area (Å²) in [5.74, 6) is -1.51. The fourth-order valence-electron chi connectivity index (χ4n) is 1.92. The number of carbonyl (C=O) groups is 1. The van der Waals surface area contributed by atoms with Gasteiger partial charge in [0.1, 0.15) is 4.21 Å². The Hall–Kier alpha value is -1.03. The highest BCUT2D eigenvalue weighted by Gasteiger charge is 2.43. The fourth-order valence-corrected chi connectivity index (χ4v) is 4.63. The molecule has 0 aromatic carbocycles. The summed E-state index contributed by atoms with van der Waals surface area (Å²) in [5, 5.41) is 8.30. The summed E-state index contributed by atoms with van der Waals surface area (Å²) in [6, 6.07) is 2.29. The first-order valence-electron chi connectivity index (χ1n) is 5.37. The highest BCUT2D eigenvalue weighted by molar-refractivity contribution is 7.91. The summed E-state index contributed by atoms with van der Waals surface area (Å²) in [6.07, 6.45) is -1.02. The number of aliphatic carboxylic acids is 1. The number of halogens is 1. The smallest absolute Gasteiger partial charge is 0.333 e. The molecule has 1 aliphatic heterocycles. The second-order valence-electron chi connectivity index (χ2n) is 4.14. The molecular formula is C10H12FNO5S2. The van der Waals surface area contributed by atoms with Crippen molar-refractivity contribution >= 4 is 27.3 Å². The fraction of sp³-hybridized carbons (Fsp3) is 0.500. The maximum absolute atomic E-state index is 12.8. The molecule has 2 heterocycles. The Morgan fingerprint density at radius 3 is 2.63 bits per heavy atom. The van der Waals surface area contributed by atoms with Crippen molar-refractivity contribution in [2.75, 3.05) is 20.2 Å². The molecule has 19 heavy (non-hydrogen) atoms. The van der Waals surface area contributed by atoms with Gasteiger partial charge in [-0.05, 0) is 12.1 Å². The molecule has 9 heteroatoms. The number of sulfonamides is 1. The summed E-state index contributed by atoms with van der Waals surface area (Å²) in [4.78, 5) is 10.9. The molecular weight excluding hydrogens is 297 g/mol. The predicted molar refractivity (Wildman–Crippen MR) is 65.0 cm³/mol. The van der Waals surface area contributed by atoms with E-state index in [1.54, 1.807) is 0 Å². The summed E-state index contributed by atoms with van der Waals surface area (Å²) in [5.41, 5.74) is 0. The maximum atomic E-state index is 12.8. The predicted octanol–water partition coefficient (Wildman–Crippen LogP) is 0.607. The van der Waals surface area contributed by atoms with E-state index < -0.39 is 27.2 Å². The van der Waals surface area contributed by atoms with Crippen molar-refractivity contribution in [1.82, 2.24) is 4.31 Å². The third kappa shape index (κ3) is 2.64. The van der Waals surface area contributed by atoms with E-state index in [1.165, 1.54) is 13.2 Å². The lowest BCUT2D eigenvalue weighted by atomic mass is 9.96. The van der Waals surface area contributed by atoms with Gasteiger partial charge >= 0.3 is 5.97 Å². The molecule has 106 valence electrons. The SMILES string of the molecule is COC(C(=O)O)C1CN(S(=O)(=O)c2ccc(F)s2)C1. The third-order valence-corrected chi connectivity index (χ3v) is 6.12. The Morgan fingerprint density at radius 1 is 1.58 bits per heavy atom. The van der Waals surface area contributed by atoms with Gasteiger partial charge in [0.25, 0.3) is 10.0 Å². The second-order valence-corrected chi connectivity index (χ2v) is 7.33. The molecule has 1 N–H and O–H groups in total. The highest BCUT2D eigenvalue weighted by Crippen LogP contribution is 2.31. The molecule has 1 fully saturated rings. The van der Waals surface area contributed by atoms with Gasteiger partial charge < -0.3 is 9.84 Å². The van der Waals surface area contributed by atoms with Crippen molar-refractivity contribution in [3.8, 4) is 0 Å². The summed E-state index contributed by atoms with van der Waals surface area (Å²) >= 11 is 0.550. The number of carboxylic acids is 1. The highest BCUT2D eigenvalue weighted by atomic mass is 32.2. The minimum absolute atomic E-state index is 0.0622. The van der Waals surface area contributed by atoms with Crippen LogP contribution >= 0.6 is 11.3 Å². The van der Waals surface area contributed by atoms with Crippen molar-refractivity contribution < 1.29 is 27.4 Å². The molecule has 0 amide bonds. The van der Waals surface area contributed by atoms with Gasteiger partial charge in [0, 0.05) is 26.1 Å². The number of nitrogens with zero attached hydrogens (tertiary/aromatic N) is 1. The molecule has 1 saturated heterocycles. The molecule has 1 aliphatic rings. The summed E-state index contributed by atoms with van der Waals surface area (Å²) in [7, 11) is -2.45. The summed E-state index contributed by atoms with van der Waals surface area (Å²) in [6.45, 7) is 0.124. The number of hydrogen-bond donors (Lipinski definition) is 1. The number of hydrogen-bond acceptors (Lipinski definition) is 5. The average molecular weight is 309 g/mol. The van der Waals surface area contributed by atoms with Crippen LogP contribution in [0, 0.1) is 11.0 Å². The molecule has 0 spiro atoms. The van der Waals surface area contributed by atoms with Crippen molar-refractivity contribution in [3.63, 3.8) is 0 Å². The van der Waals surface area contributed by atoms with Crippen LogP contribution in [0.4, 0.5) is 4.39 Å². The van der Waals surface area contributed by atoms with E-state index >= 15 is 0 Å². The second kappa shape index (κ2) is 5.16. The van der Waals surface area contributed by atoms with E-state index in [-0.39, 0.29) is 23.2 Å². The molecule has 6 nitrogen and oxygen atoms in total. The van der Waals surface area contributed by atoms with Crippen LogP contribution in [0.25, 0.3) is 0 Å². The number of thiophene rings is 1. The minimum Gasteiger partial charge on any atom is -0.479 e. The van der Waals surface area contributed by atoms with E-state index in [9.17, 15) is 17.6 Å². The third-order valence-electron chi connectivity index (χ3n) is 2.94. The van der Waals surface area contributed by atoms with E-state index in [0.29, 0.717) is 11.3 Å². The molecule has 1 atom stereocenters. The van der Waals surface area contributed by atoms with Crippen LogP contribution < -0.4 is 0 Å². The van der Waals surface area contributed by atoms with Crippen molar-refractivity contribution in [1.29, 1.82) is 0 Å². The molecule has 0 bridgehead atoms. The zero-order valence-corrected chi connectivity index (χ0v) is 11.6. The van der Waals surface area contributed by atoms with Gasteiger partial charge in [0.15, 0.2) is 11.2 Å². The Bertz CT molecular complexity index is 578. The molecule has 1 aromatic rings. The van der Waals surface area contributed by atoms with Gasteiger partial charge in [-0.1, -0.05) is 11.3 Å². The van der Waals surface area contributed by atoms with Gasteiger partial charge in [0.05, 0.1) is 0 Å². The Kier molecular flexibility index (Phi) is 3.90. The Labute approximate surface area is 113 Å². The molecule has 1 unspecified atom stereocenters. The zero-order valence-electron chi connectivity index (χ0n) is 9.95. The molecule has 0 saturated carbocycles. The molecule has 0 aliphatic carbocycles. The van der Waals surface area contributed by atoms with Gasteiger partial charge in [-0.2, -0.15) is 8.70 Å². The molecule has 2 rings (SSSR count). The standard InChI is InChI=1S/C10H12FNO5S2/c1-17-9(10(13)14)6-4-12(5-6)19(15,16)8-3-2-7(11)18-8/h2-3,6,9H,4-5H2,1H3,(H,13,14). The average Bonchev–Trinajstić information content (AvgIpc) is 2.69. The first-order valence-corrected chi connectivity index (χ1v) is 7.63. The minimum atomic E-state index is -3.72. The lowest BCUT2D eigenvalue weighted by Crippen LogP contribution is -2.56. The lowest BCUT2D eigenvalue weighted by Gasteiger charge is -2.39. The van der Waals surface area contributed by atoms with E-state index in [1.807, 2.05) is 0 Å². The first-order chi connectivity index (χ1) is 8.86. The van der Waals surface area contributed by atoms with Gasteiger partial charge in [-0.25, -0.2) is 13.2 Å². The first kappa shape index (κ1) is 14.4. The molecule has 1 aromatic heterocycles. The van der Waals surface area contributed by atoms with E-state index in [2.05, 4.69) is 0 Å². The van der Waals surface area contributed by atoms with Crippen LogP contribution in [-0.2, 0) is 19.6 Å². The van der Waals surface area contributed by atoms with Crippen LogP contribution in [0.1, 0.15) is 0 Å². The number of methoxy groups -OCH3 is 1. The van der Waals surface area contributed by atoms with Crippen LogP contribution in [-0.4, -0.2) is 50.1 Å². The van der Waals surface area contributed by atoms with Gasteiger partial charge in [0.2, 0.25) is 0 Å².